The van der Waals surface area contributed by atoms with E-state index < -0.39 is 0 Å². The van der Waals surface area contributed by atoms with Crippen LogP contribution < -0.4 is 0 Å². The molecule has 0 aliphatic heterocycles. The first-order valence-corrected chi connectivity index (χ1v) is 5.64. The lowest BCUT2D eigenvalue weighted by molar-refractivity contribution is 0.423. The van der Waals surface area contributed by atoms with Crippen molar-refractivity contribution in [1.29, 1.82) is 0 Å². The maximum atomic E-state index is 5.15. The molecule has 0 radical (unpaired) electrons. The van der Waals surface area contributed by atoms with E-state index in [1.807, 2.05) is 29.8 Å². The molecule has 3 rings (SSSR count). The smallest absolute Gasteiger partial charge is 0.259 e. The average Bonchev–Trinajstić information content (AvgIpc) is 3.10. The van der Waals surface area contributed by atoms with Crippen molar-refractivity contribution < 1.29 is 4.52 Å². The lowest BCUT2D eigenvalue weighted by Crippen LogP contribution is -1.93. The lowest BCUT2D eigenvalue weighted by atomic mass is 10.3. The molecular formula is C12H11N5O. The number of hydrogen-bond donors (Lipinski definition) is 0. The van der Waals surface area contributed by atoms with Crippen molar-refractivity contribution in [2.24, 2.45) is 0 Å². The van der Waals surface area contributed by atoms with Gasteiger partial charge in [-0.2, -0.15) is 4.98 Å². The highest BCUT2D eigenvalue weighted by atomic mass is 16.5. The quantitative estimate of drug-likeness (QED) is 0.700. The van der Waals surface area contributed by atoms with Gasteiger partial charge in [-0.3, -0.25) is 4.57 Å². The summed E-state index contributed by atoms with van der Waals surface area (Å²) in [6.07, 6.45) is 7.71. The Morgan fingerprint density at radius 2 is 2.28 bits per heavy atom. The van der Waals surface area contributed by atoms with E-state index in [1.165, 1.54) is 0 Å². The van der Waals surface area contributed by atoms with Crippen LogP contribution in [0.5, 0.6) is 0 Å². The van der Waals surface area contributed by atoms with Crippen LogP contribution in [0.1, 0.15) is 12.7 Å². The summed E-state index contributed by atoms with van der Waals surface area (Å²) in [7, 11) is 0. The Morgan fingerprint density at radius 3 is 2.89 bits per heavy atom. The number of rotatable bonds is 3. The number of pyridine rings is 1. The maximum Gasteiger partial charge on any atom is 0.259 e. The largest absolute Gasteiger partial charge is 0.334 e. The van der Waals surface area contributed by atoms with Crippen LogP contribution in [0, 0.1) is 0 Å². The molecule has 3 aromatic rings. The van der Waals surface area contributed by atoms with Gasteiger partial charge in [-0.1, -0.05) is 12.1 Å². The average molecular weight is 241 g/mol. The molecule has 0 N–H and O–H groups in total. The Morgan fingerprint density at radius 1 is 1.33 bits per heavy atom. The summed E-state index contributed by atoms with van der Waals surface area (Å²) in [5.41, 5.74) is 0.811. The molecule has 6 heteroatoms. The monoisotopic (exact) mass is 241 g/mol. The van der Waals surface area contributed by atoms with Gasteiger partial charge in [0.15, 0.2) is 5.82 Å². The number of nitrogens with zero attached hydrogens (tertiary/aromatic N) is 5. The van der Waals surface area contributed by atoms with Gasteiger partial charge in [0.1, 0.15) is 12.1 Å². The van der Waals surface area contributed by atoms with E-state index in [1.54, 1.807) is 18.7 Å². The van der Waals surface area contributed by atoms with E-state index in [2.05, 4.69) is 20.1 Å². The summed E-state index contributed by atoms with van der Waals surface area (Å²) < 4.78 is 6.98. The SMILES string of the molecule is CCc1noc(-c2ccc(-n3ccnc3)nc2)n1. The van der Waals surface area contributed by atoms with Crippen LogP contribution in [0.15, 0.2) is 41.6 Å². The second-order valence-electron chi connectivity index (χ2n) is 3.74. The summed E-state index contributed by atoms with van der Waals surface area (Å²) >= 11 is 0. The number of hydrogen-bond acceptors (Lipinski definition) is 5. The van der Waals surface area contributed by atoms with Gasteiger partial charge in [0, 0.05) is 25.0 Å². The Bertz CT molecular complexity index is 627. The Hall–Kier alpha value is -2.50. The molecule has 0 spiro atoms. The van der Waals surface area contributed by atoms with Gasteiger partial charge in [0.2, 0.25) is 0 Å². The number of imidazole rings is 1. The van der Waals surface area contributed by atoms with Crippen molar-refractivity contribution in [3.8, 4) is 17.3 Å². The highest BCUT2D eigenvalue weighted by Gasteiger charge is 2.08. The van der Waals surface area contributed by atoms with E-state index in [9.17, 15) is 0 Å². The maximum absolute atomic E-state index is 5.15. The van der Waals surface area contributed by atoms with Crippen LogP contribution in [0.3, 0.4) is 0 Å². The molecule has 0 bridgehead atoms. The predicted molar refractivity (Wildman–Crippen MR) is 64.0 cm³/mol. The van der Waals surface area contributed by atoms with Gasteiger partial charge < -0.3 is 4.52 Å². The fourth-order valence-electron chi connectivity index (χ4n) is 1.57. The molecule has 18 heavy (non-hydrogen) atoms. The molecule has 0 aliphatic carbocycles. The third-order valence-corrected chi connectivity index (χ3v) is 2.55. The van der Waals surface area contributed by atoms with E-state index in [0.717, 1.165) is 17.8 Å². The molecule has 0 saturated heterocycles. The minimum atomic E-state index is 0.497. The summed E-state index contributed by atoms with van der Waals surface area (Å²) in [5, 5.41) is 3.85. The zero-order valence-electron chi connectivity index (χ0n) is 9.82. The second-order valence-corrected chi connectivity index (χ2v) is 3.74. The highest BCUT2D eigenvalue weighted by molar-refractivity contribution is 5.52. The van der Waals surface area contributed by atoms with E-state index >= 15 is 0 Å². The van der Waals surface area contributed by atoms with Crippen molar-refractivity contribution in [2.45, 2.75) is 13.3 Å². The van der Waals surface area contributed by atoms with Crippen LogP contribution in [0.4, 0.5) is 0 Å². The fraction of sp³-hybridized carbons (Fsp3) is 0.167. The van der Waals surface area contributed by atoms with Crippen molar-refractivity contribution in [3.63, 3.8) is 0 Å². The van der Waals surface area contributed by atoms with Gasteiger partial charge in [0.25, 0.3) is 5.89 Å². The fourth-order valence-corrected chi connectivity index (χ4v) is 1.57. The molecule has 3 heterocycles. The molecule has 0 amide bonds. The third kappa shape index (κ3) is 1.88. The molecule has 0 unspecified atom stereocenters. The third-order valence-electron chi connectivity index (χ3n) is 2.55. The van der Waals surface area contributed by atoms with Crippen LogP contribution in [0.2, 0.25) is 0 Å². The van der Waals surface area contributed by atoms with Crippen molar-refractivity contribution in [3.05, 3.63) is 42.9 Å². The summed E-state index contributed by atoms with van der Waals surface area (Å²) in [4.78, 5) is 12.6. The van der Waals surface area contributed by atoms with Gasteiger partial charge >= 0.3 is 0 Å². The van der Waals surface area contributed by atoms with Gasteiger partial charge in [-0.15, -0.1) is 0 Å². The molecule has 6 nitrogen and oxygen atoms in total. The topological polar surface area (TPSA) is 69.6 Å². The number of aromatic nitrogens is 5. The molecule has 0 aliphatic rings. The van der Waals surface area contributed by atoms with Crippen LogP contribution in [0.25, 0.3) is 17.3 Å². The van der Waals surface area contributed by atoms with Gasteiger partial charge in [-0.25, -0.2) is 9.97 Å². The van der Waals surface area contributed by atoms with Crippen molar-refractivity contribution in [1.82, 2.24) is 24.7 Å². The molecule has 90 valence electrons. The highest BCUT2D eigenvalue weighted by Crippen LogP contribution is 2.17. The molecule has 0 saturated carbocycles. The molecular weight excluding hydrogens is 230 g/mol. The second kappa shape index (κ2) is 4.40. The van der Waals surface area contributed by atoms with Gasteiger partial charge in [-0.05, 0) is 12.1 Å². The zero-order chi connectivity index (χ0) is 12.4. The minimum Gasteiger partial charge on any atom is -0.334 e. The Labute approximate surface area is 103 Å². The van der Waals surface area contributed by atoms with E-state index in [4.69, 9.17) is 4.52 Å². The molecule has 0 aromatic carbocycles. The van der Waals surface area contributed by atoms with Crippen LogP contribution in [-0.2, 0) is 6.42 Å². The first-order chi connectivity index (χ1) is 8.86. The summed E-state index contributed by atoms with van der Waals surface area (Å²) in [5.74, 6) is 1.99. The summed E-state index contributed by atoms with van der Waals surface area (Å²) in [6.45, 7) is 1.98. The number of aryl methyl sites for hydroxylation is 1. The van der Waals surface area contributed by atoms with Crippen LogP contribution in [-0.4, -0.2) is 24.7 Å². The van der Waals surface area contributed by atoms with Gasteiger partial charge in [0.05, 0.1) is 5.56 Å². The van der Waals surface area contributed by atoms with Crippen molar-refractivity contribution in [2.75, 3.05) is 0 Å². The normalized spacial score (nSPS) is 10.7. The predicted octanol–water partition coefficient (Wildman–Crippen LogP) is 1.88. The van der Waals surface area contributed by atoms with Crippen molar-refractivity contribution >= 4 is 0 Å². The first kappa shape index (κ1) is 10.6. The Balaban J connectivity index is 1.91. The molecule has 0 atom stereocenters. The Kier molecular flexibility index (Phi) is 2.60. The summed E-state index contributed by atoms with van der Waals surface area (Å²) in [6, 6.07) is 3.78. The lowest BCUT2D eigenvalue weighted by Gasteiger charge is -2.00. The van der Waals surface area contributed by atoms with E-state index in [-0.39, 0.29) is 0 Å². The molecule has 0 fully saturated rings. The van der Waals surface area contributed by atoms with E-state index in [0.29, 0.717) is 11.7 Å². The minimum absolute atomic E-state index is 0.497. The first-order valence-electron chi connectivity index (χ1n) is 5.64. The standard InChI is InChI=1S/C12H11N5O/c1-2-10-15-12(18-16-10)9-3-4-11(14-7-9)17-6-5-13-8-17/h3-8H,2H2,1H3. The van der Waals surface area contributed by atoms with Crippen LogP contribution >= 0.6 is 0 Å². The molecule has 3 aromatic heterocycles. The zero-order valence-corrected chi connectivity index (χ0v) is 9.82.